The van der Waals surface area contributed by atoms with Gasteiger partial charge in [0.05, 0.1) is 11.8 Å². The van der Waals surface area contributed by atoms with Crippen LogP contribution in [0.5, 0.6) is 0 Å². The van der Waals surface area contributed by atoms with Crippen molar-refractivity contribution in [1.29, 1.82) is 0 Å². The van der Waals surface area contributed by atoms with Gasteiger partial charge in [-0.05, 0) is 36.2 Å². The summed E-state index contributed by atoms with van der Waals surface area (Å²) in [4.78, 5) is 12.4. The lowest BCUT2D eigenvalue weighted by Gasteiger charge is -2.20. The van der Waals surface area contributed by atoms with Crippen molar-refractivity contribution in [2.75, 3.05) is 11.9 Å². The number of nitrogens with one attached hydrogen (secondary N) is 2. The second-order valence-electron chi connectivity index (χ2n) is 4.94. The summed E-state index contributed by atoms with van der Waals surface area (Å²) in [6.45, 7) is 3.79. The van der Waals surface area contributed by atoms with Crippen LogP contribution in [0.4, 0.5) is 5.69 Å². The minimum Gasteiger partial charge on any atom is -0.469 e. The van der Waals surface area contributed by atoms with Crippen molar-refractivity contribution in [1.82, 2.24) is 5.32 Å². The largest absolute Gasteiger partial charge is 0.469 e. The van der Waals surface area contributed by atoms with E-state index in [1.165, 1.54) is 11.1 Å². The van der Waals surface area contributed by atoms with E-state index in [0.29, 0.717) is 12.0 Å². The first-order valence-electron chi connectivity index (χ1n) is 6.98. The number of furan rings is 1. The Kier molecular flexibility index (Phi) is 3.56. The van der Waals surface area contributed by atoms with Gasteiger partial charge in [-0.15, -0.1) is 0 Å². The van der Waals surface area contributed by atoms with Gasteiger partial charge in [-0.3, -0.25) is 4.79 Å². The monoisotopic (exact) mass is 270 g/mol. The van der Waals surface area contributed by atoms with Gasteiger partial charge in [0.2, 0.25) is 0 Å². The van der Waals surface area contributed by atoms with E-state index in [0.717, 1.165) is 31.0 Å². The fraction of sp³-hybridized carbons (Fsp3) is 0.312. The van der Waals surface area contributed by atoms with Crippen LogP contribution in [-0.4, -0.2) is 12.5 Å². The number of carbonyl (C=O) groups excluding carboxylic acids is 1. The maximum Gasteiger partial charge on any atom is 0.259 e. The van der Waals surface area contributed by atoms with Crippen molar-refractivity contribution in [3.05, 3.63) is 53.0 Å². The Morgan fingerprint density at radius 2 is 2.30 bits per heavy atom. The first-order valence-corrected chi connectivity index (χ1v) is 6.98. The highest BCUT2D eigenvalue weighted by molar-refractivity contribution is 6.05. The van der Waals surface area contributed by atoms with E-state index in [-0.39, 0.29) is 5.91 Å². The topological polar surface area (TPSA) is 54.3 Å². The van der Waals surface area contributed by atoms with Crippen LogP contribution < -0.4 is 10.6 Å². The highest BCUT2D eigenvalue weighted by Crippen LogP contribution is 2.24. The van der Waals surface area contributed by atoms with E-state index >= 15 is 0 Å². The number of aryl methyl sites for hydroxylation is 1. The Balaban J connectivity index is 1.86. The lowest BCUT2D eigenvalue weighted by atomic mass is 9.99. The summed E-state index contributed by atoms with van der Waals surface area (Å²) in [7, 11) is 0. The highest BCUT2D eigenvalue weighted by Gasteiger charge is 2.17. The molecule has 0 saturated carbocycles. The lowest BCUT2D eigenvalue weighted by molar-refractivity contribution is 0.102. The van der Waals surface area contributed by atoms with Gasteiger partial charge in [0, 0.05) is 18.7 Å². The molecule has 0 radical (unpaired) electrons. The molecule has 0 atom stereocenters. The van der Waals surface area contributed by atoms with Crippen LogP contribution in [-0.2, 0) is 19.4 Å². The molecule has 1 aliphatic rings. The molecule has 0 unspecified atom stereocenters. The van der Waals surface area contributed by atoms with Gasteiger partial charge in [-0.2, -0.15) is 0 Å². The van der Waals surface area contributed by atoms with Crippen LogP contribution >= 0.6 is 0 Å². The van der Waals surface area contributed by atoms with Crippen molar-refractivity contribution >= 4 is 11.6 Å². The average molecular weight is 270 g/mol. The fourth-order valence-corrected chi connectivity index (χ4v) is 2.66. The van der Waals surface area contributed by atoms with E-state index < -0.39 is 0 Å². The second kappa shape index (κ2) is 5.51. The number of rotatable bonds is 3. The number of fused-ring (bicyclic) bond motifs is 1. The van der Waals surface area contributed by atoms with Gasteiger partial charge in [0.15, 0.2) is 0 Å². The molecule has 0 spiro atoms. The van der Waals surface area contributed by atoms with Gasteiger partial charge in [0.1, 0.15) is 5.76 Å². The molecular weight excluding hydrogens is 252 g/mol. The second-order valence-corrected chi connectivity index (χ2v) is 4.94. The maximum absolute atomic E-state index is 12.4. The van der Waals surface area contributed by atoms with Crippen LogP contribution in [0.1, 0.15) is 34.2 Å². The number of benzene rings is 1. The van der Waals surface area contributed by atoms with Crippen LogP contribution in [0.15, 0.2) is 34.9 Å². The number of hydrogen-bond acceptors (Lipinski definition) is 3. The molecule has 104 valence electrons. The van der Waals surface area contributed by atoms with Crippen molar-refractivity contribution in [3.8, 4) is 0 Å². The summed E-state index contributed by atoms with van der Waals surface area (Å²) in [5, 5.41) is 6.36. The zero-order chi connectivity index (χ0) is 13.9. The standard InChI is InChI=1S/C16H18N2O2/c1-2-15-13(7-9-20-15)16(19)18-14-5-3-4-11-10-17-8-6-12(11)14/h3-5,7,9,17H,2,6,8,10H2,1H3,(H,18,19). The van der Waals surface area contributed by atoms with Crippen molar-refractivity contribution in [3.63, 3.8) is 0 Å². The number of hydrogen-bond donors (Lipinski definition) is 2. The van der Waals surface area contributed by atoms with Gasteiger partial charge in [0.25, 0.3) is 5.91 Å². The number of carbonyl (C=O) groups is 1. The third-order valence-corrected chi connectivity index (χ3v) is 3.70. The van der Waals surface area contributed by atoms with Gasteiger partial charge in [-0.25, -0.2) is 0 Å². The van der Waals surface area contributed by atoms with Crippen molar-refractivity contribution in [2.45, 2.75) is 26.3 Å². The Hall–Kier alpha value is -2.07. The molecule has 3 rings (SSSR count). The molecule has 2 aromatic rings. The molecule has 2 N–H and O–H groups in total. The van der Waals surface area contributed by atoms with E-state index in [1.54, 1.807) is 12.3 Å². The molecule has 1 aliphatic heterocycles. The highest BCUT2D eigenvalue weighted by atomic mass is 16.3. The third-order valence-electron chi connectivity index (χ3n) is 3.70. The normalized spacial score (nSPS) is 13.8. The van der Waals surface area contributed by atoms with Crippen LogP contribution in [0.25, 0.3) is 0 Å². The Morgan fingerprint density at radius 1 is 1.40 bits per heavy atom. The van der Waals surface area contributed by atoms with Crippen LogP contribution in [0.2, 0.25) is 0 Å². The average Bonchev–Trinajstić information content (AvgIpc) is 2.96. The molecule has 0 saturated heterocycles. The molecule has 4 heteroatoms. The summed E-state index contributed by atoms with van der Waals surface area (Å²) in [6.07, 6.45) is 3.22. The fourth-order valence-electron chi connectivity index (χ4n) is 2.66. The molecule has 0 bridgehead atoms. The molecule has 2 heterocycles. The predicted octanol–water partition coefficient (Wildman–Crippen LogP) is 2.74. The predicted molar refractivity (Wildman–Crippen MR) is 77.9 cm³/mol. The minimum absolute atomic E-state index is 0.0949. The number of anilines is 1. The quantitative estimate of drug-likeness (QED) is 0.901. The molecule has 20 heavy (non-hydrogen) atoms. The first kappa shape index (κ1) is 12.9. The zero-order valence-electron chi connectivity index (χ0n) is 11.5. The molecule has 1 amide bonds. The van der Waals surface area contributed by atoms with E-state index in [1.807, 2.05) is 19.1 Å². The summed E-state index contributed by atoms with van der Waals surface area (Å²) >= 11 is 0. The minimum atomic E-state index is -0.0949. The van der Waals surface area contributed by atoms with Crippen LogP contribution in [0.3, 0.4) is 0 Å². The van der Waals surface area contributed by atoms with Gasteiger partial charge >= 0.3 is 0 Å². The Morgan fingerprint density at radius 3 is 3.15 bits per heavy atom. The molecule has 1 aromatic carbocycles. The molecule has 4 nitrogen and oxygen atoms in total. The SMILES string of the molecule is CCc1occc1C(=O)Nc1cccc2c1CCNC2. The van der Waals surface area contributed by atoms with E-state index in [2.05, 4.69) is 16.7 Å². The van der Waals surface area contributed by atoms with E-state index in [9.17, 15) is 4.79 Å². The smallest absolute Gasteiger partial charge is 0.259 e. The summed E-state index contributed by atoms with van der Waals surface area (Å²) < 4.78 is 5.31. The molecular formula is C16H18N2O2. The number of amides is 1. The Bertz CT molecular complexity index is 631. The van der Waals surface area contributed by atoms with Crippen molar-refractivity contribution in [2.24, 2.45) is 0 Å². The summed E-state index contributed by atoms with van der Waals surface area (Å²) in [6, 6.07) is 7.78. The first-order chi connectivity index (χ1) is 9.79. The summed E-state index contributed by atoms with van der Waals surface area (Å²) in [5.41, 5.74) is 4.04. The van der Waals surface area contributed by atoms with E-state index in [4.69, 9.17) is 4.42 Å². The molecule has 0 aliphatic carbocycles. The van der Waals surface area contributed by atoms with Gasteiger partial charge < -0.3 is 15.1 Å². The maximum atomic E-state index is 12.4. The third kappa shape index (κ3) is 2.34. The zero-order valence-corrected chi connectivity index (χ0v) is 11.5. The lowest BCUT2D eigenvalue weighted by Crippen LogP contribution is -2.25. The summed E-state index contributed by atoms with van der Waals surface area (Å²) in [5.74, 6) is 0.636. The van der Waals surface area contributed by atoms with Crippen LogP contribution in [0, 0.1) is 0 Å². The van der Waals surface area contributed by atoms with Gasteiger partial charge in [-0.1, -0.05) is 19.1 Å². The van der Waals surface area contributed by atoms with Crippen molar-refractivity contribution < 1.29 is 9.21 Å². The molecule has 1 aromatic heterocycles. The molecule has 0 fully saturated rings. The Labute approximate surface area is 118 Å².